The third kappa shape index (κ3) is 4.66. The largest absolute Gasteiger partial charge is 0.394 e. The van der Waals surface area contributed by atoms with Crippen LogP contribution in [0.15, 0.2) is 42.5 Å². The fraction of sp³-hybridized carbons (Fsp3) is 0.222. The lowest BCUT2D eigenvalue weighted by molar-refractivity contribution is 0.215. The lowest BCUT2D eigenvalue weighted by Crippen LogP contribution is -2.44. The Balaban J connectivity index is 1.55. The van der Waals surface area contributed by atoms with Crippen LogP contribution in [0.4, 0.5) is 4.79 Å². The van der Waals surface area contributed by atoms with Gasteiger partial charge in [0, 0.05) is 10.0 Å². The summed E-state index contributed by atoms with van der Waals surface area (Å²) in [5.74, 6) is 0.655. The molecule has 2 aromatic carbocycles. The maximum Gasteiger partial charge on any atom is 0.315 e. The number of nitrogens with one attached hydrogen (secondary N) is 3. The molecule has 2 amide bonds. The van der Waals surface area contributed by atoms with Crippen LogP contribution in [0.3, 0.4) is 0 Å². The number of aromatic nitrogens is 2. The number of carbonyl (C=O) groups excluding carboxylic acids is 1. The number of hydrogen-bond acceptors (Lipinski definition) is 3. The second-order valence-corrected chi connectivity index (χ2v) is 6.69. The molecule has 136 valence electrons. The maximum absolute atomic E-state index is 12.1. The summed E-state index contributed by atoms with van der Waals surface area (Å²) >= 11 is 12.0. The number of aliphatic hydroxyl groups is 1. The molecule has 0 unspecified atom stereocenters. The zero-order valence-electron chi connectivity index (χ0n) is 13.8. The van der Waals surface area contributed by atoms with Crippen LogP contribution in [0.5, 0.6) is 0 Å². The zero-order valence-corrected chi connectivity index (χ0v) is 15.3. The first-order valence-corrected chi connectivity index (χ1v) is 8.83. The van der Waals surface area contributed by atoms with Crippen molar-refractivity contribution in [1.82, 2.24) is 20.6 Å². The van der Waals surface area contributed by atoms with Gasteiger partial charge in [-0.1, -0.05) is 41.4 Å². The van der Waals surface area contributed by atoms with Crippen molar-refractivity contribution in [3.05, 3.63) is 63.9 Å². The highest BCUT2D eigenvalue weighted by atomic mass is 35.5. The first kappa shape index (κ1) is 18.5. The molecule has 1 heterocycles. The van der Waals surface area contributed by atoms with Gasteiger partial charge in [-0.3, -0.25) is 0 Å². The van der Waals surface area contributed by atoms with E-state index in [1.54, 1.807) is 18.2 Å². The predicted molar refractivity (Wildman–Crippen MR) is 103 cm³/mol. The third-order valence-corrected chi connectivity index (χ3v) is 4.48. The van der Waals surface area contributed by atoms with Crippen molar-refractivity contribution in [3.63, 3.8) is 0 Å². The Kier molecular flexibility index (Phi) is 5.98. The number of H-pyrrole nitrogens is 1. The lowest BCUT2D eigenvalue weighted by atomic mass is 10.1. The number of aromatic amines is 1. The van der Waals surface area contributed by atoms with E-state index < -0.39 is 12.1 Å². The van der Waals surface area contributed by atoms with Crippen molar-refractivity contribution < 1.29 is 9.90 Å². The van der Waals surface area contributed by atoms with E-state index >= 15 is 0 Å². The highest BCUT2D eigenvalue weighted by molar-refractivity contribution is 6.35. The first-order chi connectivity index (χ1) is 12.5. The standard InChI is InChI=1S/C18H18Cl2N4O2/c19-12-6-5-11(14(20)8-12)7-13(10-25)22-18(26)21-9-17-23-15-3-1-2-4-16(15)24-17/h1-6,8,13,25H,7,9-10H2,(H,23,24)(H2,21,22,26)/t13-/m0/s1. The molecule has 0 radical (unpaired) electrons. The van der Waals surface area contributed by atoms with E-state index in [-0.39, 0.29) is 13.2 Å². The van der Waals surface area contributed by atoms with Crippen LogP contribution in [0.25, 0.3) is 11.0 Å². The van der Waals surface area contributed by atoms with Gasteiger partial charge in [0.2, 0.25) is 0 Å². The molecule has 8 heteroatoms. The Morgan fingerprint density at radius 3 is 2.77 bits per heavy atom. The van der Waals surface area contributed by atoms with Gasteiger partial charge in [-0.25, -0.2) is 9.78 Å². The Labute approximate surface area is 160 Å². The smallest absolute Gasteiger partial charge is 0.315 e. The molecule has 1 aromatic heterocycles. The minimum absolute atomic E-state index is 0.211. The van der Waals surface area contributed by atoms with Gasteiger partial charge in [0.05, 0.1) is 30.2 Å². The average molecular weight is 393 g/mol. The molecule has 0 saturated carbocycles. The number of nitrogens with zero attached hydrogens (tertiary/aromatic N) is 1. The quantitative estimate of drug-likeness (QED) is 0.518. The first-order valence-electron chi connectivity index (χ1n) is 8.08. The number of hydrogen-bond donors (Lipinski definition) is 4. The molecule has 0 aliphatic heterocycles. The molecule has 6 nitrogen and oxygen atoms in total. The Bertz CT molecular complexity index is 880. The van der Waals surface area contributed by atoms with Crippen molar-refractivity contribution in [1.29, 1.82) is 0 Å². The number of benzene rings is 2. The molecule has 0 aliphatic rings. The normalized spacial score (nSPS) is 12.1. The Morgan fingerprint density at radius 1 is 1.23 bits per heavy atom. The van der Waals surface area contributed by atoms with Crippen LogP contribution < -0.4 is 10.6 Å². The third-order valence-electron chi connectivity index (χ3n) is 3.89. The minimum atomic E-state index is -0.468. The van der Waals surface area contributed by atoms with Crippen LogP contribution in [0.1, 0.15) is 11.4 Å². The molecule has 26 heavy (non-hydrogen) atoms. The summed E-state index contributed by atoms with van der Waals surface area (Å²) in [7, 11) is 0. The van der Waals surface area contributed by atoms with Crippen molar-refractivity contribution in [2.24, 2.45) is 0 Å². The second-order valence-electron chi connectivity index (χ2n) is 5.85. The number of para-hydroxylation sites is 2. The van der Waals surface area contributed by atoms with E-state index in [0.717, 1.165) is 16.6 Å². The van der Waals surface area contributed by atoms with Gasteiger partial charge in [0.15, 0.2) is 0 Å². The average Bonchev–Trinajstić information content (AvgIpc) is 3.04. The van der Waals surface area contributed by atoms with Gasteiger partial charge in [-0.05, 0) is 36.2 Å². The summed E-state index contributed by atoms with van der Waals surface area (Å²) in [6.07, 6.45) is 0.393. The summed E-state index contributed by atoms with van der Waals surface area (Å²) in [5.41, 5.74) is 2.55. The lowest BCUT2D eigenvalue weighted by Gasteiger charge is -2.17. The Morgan fingerprint density at radius 2 is 2.04 bits per heavy atom. The molecule has 0 fully saturated rings. The number of imidazole rings is 1. The fourth-order valence-electron chi connectivity index (χ4n) is 2.60. The number of aliphatic hydroxyl groups excluding tert-OH is 1. The molecule has 1 atom stereocenters. The molecular formula is C18H18Cl2N4O2. The number of carbonyl (C=O) groups is 1. The number of amides is 2. The molecule has 0 saturated heterocycles. The zero-order chi connectivity index (χ0) is 18.5. The number of fused-ring (bicyclic) bond motifs is 1. The molecule has 0 bridgehead atoms. The van der Waals surface area contributed by atoms with Crippen molar-refractivity contribution >= 4 is 40.3 Å². The van der Waals surface area contributed by atoms with Gasteiger partial charge in [-0.2, -0.15) is 0 Å². The van der Waals surface area contributed by atoms with E-state index in [4.69, 9.17) is 23.2 Å². The number of rotatable bonds is 6. The molecule has 4 N–H and O–H groups in total. The second kappa shape index (κ2) is 8.40. The van der Waals surface area contributed by atoms with E-state index in [0.29, 0.717) is 22.3 Å². The van der Waals surface area contributed by atoms with Crippen LogP contribution >= 0.6 is 23.2 Å². The predicted octanol–water partition coefficient (Wildman–Crippen LogP) is 3.27. The summed E-state index contributed by atoms with van der Waals surface area (Å²) < 4.78 is 0. The molecule has 3 aromatic rings. The van der Waals surface area contributed by atoms with Crippen LogP contribution in [-0.2, 0) is 13.0 Å². The molecular weight excluding hydrogens is 375 g/mol. The van der Waals surface area contributed by atoms with E-state index in [2.05, 4.69) is 20.6 Å². The van der Waals surface area contributed by atoms with Crippen LogP contribution in [0, 0.1) is 0 Å². The van der Waals surface area contributed by atoms with Gasteiger partial charge in [0.25, 0.3) is 0 Å². The fourth-order valence-corrected chi connectivity index (χ4v) is 3.09. The number of halogens is 2. The van der Waals surface area contributed by atoms with Crippen LogP contribution in [0.2, 0.25) is 10.0 Å². The van der Waals surface area contributed by atoms with E-state index in [1.165, 1.54) is 0 Å². The van der Waals surface area contributed by atoms with E-state index in [1.807, 2.05) is 24.3 Å². The summed E-state index contributed by atoms with van der Waals surface area (Å²) in [6.45, 7) is 0.0391. The molecule has 3 rings (SSSR count). The maximum atomic E-state index is 12.1. The highest BCUT2D eigenvalue weighted by Gasteiger charge is 2.14. The topological polar surface area (TPSA) is 90.0 Å². The monoisotopic (exact) mass is 392 g/mol. The molecule has 0 aliphatic carbocycles. The van der Waals surface area contributed by atoms with Gasteiger partial charge in [-0.15, -0.1) is 0 Å². The van der Waals surface area contributed by atoms with Crippen molar-refractivity contribution in [2.75, 3.05) is 6.61 Å². The summed E-state index contributed by atoms with van der Waals surface area (Å²) in [6, 6.07) is 11.9. The molecule has 0 spiro atoms. The summed E-state index contributed by atoms with van der Waals surface area (Å²) in [5, 5.41) is 16.0. The van der Waals surface area contributed by atoms with Crippen molar-refractivity contribution in [2.45, 2.75) is 19.0 Å². The number of urea groups is 1. The Hall–Kier alpha value is -2.28. The summed E-state index contributed by atoms with van der Waals surface area (Å²) in [4.78, 5) is 19.6. The van der Waals surface area contributed by atoms with E-state index in [9.17, 15) is 9.90 Å². The van der Waals surface area contributed by atoms with Gasteiger partial charge < -0.3 is 20.7 Å². The van der Waals surface area contributed by atoms with Crippen LogP contribution in [-0.4, -0.2) is 33.8 Å². The minimum Gasteiger partial charge on any atom is -0.394 e. The van der Waals surface area contributed by atoms with Gasteiger partial charge >= 0.3 is 6.03 Å². The SMILES string of the molecule is O=C(NCc1nc2ccccc2[nH]1)N[C@H](CO)Cc1ccc(Cl)cc1Cl. The highest BCUT2D eigenvalue weighted by Crippen LogP contribution is 2.22. The van der Waals surface area contributed by atoms with Gasteiger partial charge in [0.1, 0.15) is 5.82 Å². The van der Waals surface area contributed by atoms with Crippen molar-refractivity contribution in [3.8, 4) is 0 Å².